The van der Waals surface area contributed by atoms with E-state index in [2.05, 4.69) is 35.9 Å². The van der Waals surface area contributed by atoms with Gasteiger partial charge in [-0.2, -0.15) is 0 Å². The van der Waals surface area contributed by atoms with Gasteiger partial charge in [0.2, 0.25) is 11.8 Å². The van der Waals surface area contributed by atoms with Crippen molar-refractivity contribution in [3.8, 4) is 11.1 Å². The molecule has 4 atom stereocenters. The second kappa shape index (κ2) is 17.6. The molecule has 0 saturated heterocycles. The average Bonchev–Trinajstić information content (AvgIpc) is 3.47. The minimum atomic E-state index is -0.989. The molecule has 0 saturated carbocycles. The van der Waals surface area contributed by atoms with Crippen LogP contribution in [0.3, 0.4) is 0 Å². The number of esters is 1. The fourth-order valence-electron chi connectivity index (χ4n) is 6.88. The van der Waals surface area contributed by atoms with Crippen LogP contribution in [0.5, 0.6) is 0 Å². The lowest BCUT2D eigenvalue weighted by molar-refractivity contribution is -0.151. The van der Waals surface area contributed by atoms with Crippen LogP contribution >= 0.6 is 0 Å². The smallest absolute Gasteiger partial charge is 0.407 e. The Morgan fingerprint density at radius 2 is 1.59 bits per heavy atom. The molecule has 0 bridgehead atoms. The van der Waals surface area contributed by atoms with Crippen LogP contribution in [0.25, 0.3) is 11.1 Å². The molecule has 3 amide bonds. The third kappa shape index (κ3) is 9.12. The van der Waals surface area contributed by atoms with E-state index in [1.807, 2.05) is 60.7 Å². The maximum atomic E-state index is 13.4. The Bertz CT molecular complexity index is 1690. The van der Waals surface area contributed by atoms with Gasteiger partial charge in [0.25, 0.3) is 0 Å². The number of aliphatic hydroxyl groups is 1. The second-order valence-corrected chi connectivity index (χ2v) is 13.1. The average molecular weight is 694 g/mol. The highest BCUT2D eigenvalue weighted by Crippen LogP contribution is 2.44. The molecule has 2 aliphatic rings. The Balaban J connectivity index is 1.12. The summed E-state index contributed by atoms with van der Waals surface area (Å²) < 4.78 is 11.3. The number of carbonyl (C=O) groups excluding carboxylic acids is 4. The highest BCUT2D eigenvalue weighted by molar-refractivity contribution is 5.86. The van der Waals surface area contributed by atoms with Crippen LogP contribution in [0.4, 0.5) is 4.79 Å². The molecular formula is C41H47N3O7. The van der Waals surface area contributed by atoms with E-state index in [4.69, 9.17) is 9.47 Å². The zero-order valence-corrected chi connectivity index (χ0v) is 29.1. The van der Waals surface area contributed by atoms with E-state index in [0.717, 1.165) is 33.4 Å². The van der Waals surface area contributed by atoms with Crippen LogP contribution in [0, 0.1) is 5.92 Å². The van der Waals surface area contributed by atoms with Crippen molar-refractivity contribution in [1.82, 2.24) is 15.5 Å². The molecule has 4 unspecified atom stereocenters. The molecule has 1 heterocycles. The van der Waals surface area contributed by atoms with Gasteiger partial charge in [0.1, 0.15) is 18.8 Å². The van der Waals surface area contributed by atoms with Crippen LogP contribution in [-0.4, -0.2) is 71.8 Å². The number of hydrogen-bond donors (Lipinski definition) is 3. The van der Waals surface area contributed by atoms with Crippen molar-refractivity contribution in [2.24, 2.45) is 5.92 Å². The van der Waals surface area contributed by atoms with Crippen molar-refractivity contribution >= 4 is 23.9 Å². The summed E-state index contributed by atoms with van der Waals surface area (Å²) >= 11 is 0. The Morgan fingerprint density at radius 3 is 2.24 bits per heavy atom. The topological polar surface area (TPSA) is 134 Å². The Kier molecular flexibility index (Phi) is 12.8. The van der Waals surface area contributed by atoms with Gasteiger partial charge < -0.3 is 30.1 Å². The lowest BCUT2D eigenvalue weighted by Gasteiger charge is -2.36. The van der Waals surface area contributed by atoms with E-state index in [9.17, 15) is 24.3 Å². The monoisotopic (exact) mass is 693 g/mol. The number of amides is 3. The summed E-state index contributed by atoms with van der Waals surface area (Å²) in [6, 6.07) is 22.5. The lowest BCUT2D eigenvalue weighted by Crippen LogP contribution is -2.48. The second-order valence-electron chi connectivity index (χ2n) is 13.1. The van der Waals surface area contributed by atoms with Crippen molar-refractivity contribution in [1.29, 1.82) is 0 Å². The van der Waals surface area contributed by atoms with E-state index in [1.165, 1.54) is 0 Å². The first-order valence-corrected chi connectivity index (χ1v) is 17.5. The minimum Gasteiger partial charge on any atom is -0.459 e. The summed E-state index contributed by atoms with van der Waals surface area (Å²) in [7, 11) is 0. The largest absolute Gasteiger partial charge is 0.459 e. The van der Waals surface area contributed by atoms with Crippen LogP contribution in [0.2, 0.25) is 0 Å². The molecule has 1 aliphatic heterocycles. The molecule has 0 radical (unpaired) electrons. The maximum absolute atomic E-state index is 13.4. The van der Waals surface area contributed by atoms with Gasteiger partial charge in [-0.15, -0.1) is 13.2 Å². The number of alkyl carbamates (subject to hydrolysis) is 1. The number of carbonyl (C=O) groups is 4. The fraction of sp³-hybridized carbons (Fsp3) is 0.366. The van der Waals surface area contributed by atoms with Gasteiger partial charge in [0, 0.05) is 18.9 Å². The molecule has 3 aromatic carbocycles. The number of allylic oxidation sites excluding steroid dienone is 2. The molecule has 5 rings (SSSR count). The van der Waals surface area contributed by atoms with Gasteiger partial charge >= 0.3 is 12.1 Å². The number of aliphatic hydroxyl groups excluding tert-OH is 1. The molecule has 0 aromatic heterocycles. The molecule has 51 heavy (non-hydrogen) atoms. The van der Waals surface area contributed by atoms with Crippen LogP contribution in [0.1, 0.15) is 60.8 Å². The SMILES string of the molecule is C=CCCC(NC(=O)OCC1c2ccccc2-c2ccccc21)C(=O)OC(C)CNC(=O)C(CC=C)CC(=O)N1Cc2ccccc2CC1CO. The standard InChI is InChI=1S/C41H47N3O7/c1-4-6-20-37(43-41(49)50-26-36-34-18-11-9-16-32(34)33-17-10-12-19-35(33)36)40(48)51-27(3)23-42-39(47)29(13-5-2)22-38(46)44-24-30-15-8-7-14-28(30)21-31(44)25-45/h4-5,7-12,14-19,27,29,31,36-37,45H,1-2,6,13,20-26H2,3H3,(H,42,47)(H,43,49). The van der Waals surface area contributed by atoms with Gasteiger partial charge in [-0.05, 0) is 66.0 Å². The fourth-order valence-corrected chi connectivity index (χ4v) is 6.88. The van der Waals surface area contributed by atoms with Crippen LogP contribution in [0.15, 0.2) is 98.1 Å². The Morgan fingerprint density at radius 1 is 0.941 bits per heavy atom. The molecule has 3 N–H and O–H groups in total. The van der Waals surface area contributed by atoms with Crippen molar-refractivity contribution in [2.45, 2.75) is 69.7 Å². The number of ether oxygens (including phenoxy) is 2. The zero-order chi connectivity index (χ0) is 36.3. The first-order chi connectivity index (χ1) is 24.7. The van der Waals surface area contributed by atoms with Crippen molar-refractivity contribution < 1.29 is 33.8 Å². The summed E-state index contributed by atoms with van der Waals surface area (Å²) in [6.45, 7) is 9.41. The van der Waals surface area contributed by atoms with E-state index < -0.39 is 30.1 Å². The van der Waals surface area contributed by atoms with Crippen molar-refractivity contribution in [2.75, 3.05) is 19.8 Å². The third-order valence-corrected chi connectivity index (χ3v) is 9.59. The molecule has 10 nitrogen and oxygen atoms in total. The van der Waals surface area contributed by atoms with Crippen molar-refractivity contribution in [3.63, 3.8) is 0 Å². The highest BCUT2D eigenvalue weighted by atomic mass is 16.6. The van der Waals surface area contributed by atoms with Crippen molar-refractivity contribution in [3.05, 3.63) is 120 Å². The number of benzene rings is 3. The summed E-state index contributed by atoms with van der Waals surface area (Å²) in [6.07, 6.45) is 3.24. The quantitative estimate of drug-likeness (QED) is 0.135. The van der Waals surface area contributed by atoms with E-state index >= 15 is 0 Å². The number of rotatable bonds is 16. The molecule has 10 heteroatoms. The van der Waals surface area contributed by atoms with E-state index in [-0.39, 0.29) is 62.8 Å². The predicted octanol–water partition coefficient (Wildman–Crippen LogP) is 5.44. The zero-order valence-electron chi connectivity index (χ0n) is 29.1. The van der Waals surface area contributed by atoms with Gasteiger partial charge in [0.05, 0.1) is 25.1 Å². The van der Waals surface area contributed by atoms with E-state index in [1.54, 1.807) is 24.0 Å². The Labute approximate surface area is 299 Å². The summed E-state index contributed by atoms with van der Waals surface area (Å²) in [4.78, 5) is 54.5. The number of nitrogens with one attached hydrogen (secondary N) is 2. The highest BCUT2D eigenvalue weighted by Gasteiger charge is 2.33. The summed E-state index contributed by atoms with van der Waals surface area (Å²) in [5, 5.41) is 15.5. The summed E-state index contributed by atoms with van der Waals surface area (Å²) in [5.74, 6) is -2.08. The van der Waals surface area contributed by atoms with Crippen LogP contribution < -0.4 is 10.6 Å². The Hall–Kier alpha value is -5.22. The number of fused-ring (bicyclic) bond motifs is 4. The molecule has 0 fully saturated rings. The molecule has 0 spiro atoms. The molecular weight excluding hydrogens is 646 g/mol. The molecule has 268 valence electrons. The minimum absolute atomic E-state index is 0.00187. The van der Waals surface area contributed by atoms with Gasteiger partial charge in [-0.1, -0.05) is 84.9 Å². The van der Waals surface area contributed by atoms with Gasteiger partial charge in [0.15, 0.2) is 0 Å². The van der Waals surface area contributed by atoms with Crippen LogP contribution in [-0.2, 0) is 36.8 Å². The third-order valence-electron chi connectivity index (χ3n) is 9.59. The molecule has 3 aromatic rings. The maximum Gasteiger partial charge on any atom is 0.407 e. The van der Waals surface area contributed by atoms with Gasteiger partial charge in [-0.3, -0.25) is 9.59 Å². The number of hydrogen-bond acceptors (Lipinski definition) is 7. The predicted molar refractivity (Wildman–Crippen MR) is 194 cm³/mol. The first-order valence-electron chi connectivity index (χ1n) is 17.5. The molecule has 1 aliphatic carbocycles. The number of nitrogens with zero attached hydrogens (tertiary/aromatic N) is 1. The first kappa shape index (κ1) is 37.0. The van der Waals surface area contributed by atoms with Gasteiger partial charge in [-0.25, -0.2) is 9.59 Å². The summed E-state index contributed by atoms with van der Waals surface area (Å²) in [5.41, 5.74) is 6.51. The normalized spacial score (nSPS) is 16.4. The lowest BCUT2D eigenvalue weighted by atomic mass is 9.92. The van der Waals surface area contributed by atoms with E-state index in [0.29, 0.717) is 19.4 Å².